The summed E-state index contributed by atoms with van der Waals surface area (Å²) in [7, 11) is 0. The monoisotopic (exact) mass is 171 g/mol. The van der Waals surface area contributed by atoms with Crippen LogP contribution in [0.2, 0.25) is 0 Å². The third-order valence-electron chi connectivity index (χ3n) is 1.40. The quantitative estimate of drug-likeness (QED) is 0.647. The van der Waals surface area contributed by atoms with Gasteiger partial charge in [0.1, 0.15) is 0 Å². The summed E-state index contributed by atoms with van der Waals surface area (Å²) in [6.07, 6.45) is 3.85. The van der Waals surface area contributed by atoms with E-state index in [1.54, 1.807) is 0 Å². The number of hydrogen-bond acceptors (Lipinski definition) is 1. The van der Waals surface area contributed by atoms with Gasteiger partial charge in [-0.15, -0.1) is 0 Å². The summed E-state index contributed by atoms with van der Waals surface area (Å²) in [4.78, 5) is 11.1. The van der Waals surface area contributed by atoms with Crippen LogP contribution in [0.15, 0.2) is 11.6 Å². The maximum Gasteiger partial charge on any atom is 0.246 e. The first-order valence-electron chi connectivity index (χ1n) is 4.17. The molecule has 0 saturated heterocycles. The summed E-state index contributed by atoms with van der Waals surface area (Å²) in [6, 6.07) is 0. The van der Waals surface area contributed by atoms with E-state index in [2.05, 4.69) is 5.32 Å². The summed E-state index contributed by atoms with van der Waals surface area (Å²) in [5.41, 5.74) is 0.820. The number of hydrogen-bond donors (Lipinski definition) is 1. The zero-order valence-electron chi connectivity index (χ0n) is 7.61. The first-order chi connectivity index (χ1) is 5.22. The largest absolute Gasteiger partial charge is 0.352 e. The van der Waals surface area contributed by atoms with E-state index in [-0.39, 0.29) is 13.3 Å². The molecule has 0 heterocycles. The van der Waals surface area contributed by atoms with Crippen molar-refractivity contribution in [3.05, 3.63) is 11.6 Å². The molecule has 0 aromatic heterocycles. The number of amides is 1. The Bertz CT molecular complexity index is 150. The Hall–Kier alpha value is -0.790. The SMILES string of the molecule is C.CCC=C(C)C(=O)NCCC. The van der Waals surface area contributed by atoms with Gasteiger partial charge in [-0.1, -0.05) is 27.4 Å². The molecule has 0 spiro atoms. The van der Waals surface area contributed by atoms with Crippen molar-refractivity contribution in [2.45, 2.75) is 41.0 Å². The van der Waals surface area contributed by atoms with Crippen molar-refractivity contribution in [2.75, 3.05) is 6.54 Å². The van der Waals surface area contributed by atoms with Crippen LogP contribution in [0.3, 0.4) is 0 Å². The normalized spacial score (nSPS) is 10.4. The number of carbonyl (C=O) groups is 1. The van der Waals surface area contributed by atoms with Crippen molar-refractivity contribution < 1.29 is 4.79 Å². The van der Waals surface area contributed by atoms with Gasteiger partial charge in [0.05, 0.1) is 0 Å². The van der Waals surface area contributed by atoms with E-state index >= 15 is 0 Å². The van der Waals surface area contributed by atoms with Crippen molar-refractivity contribution in [3.63, 3.8) is 0 Å². The minimum Gasteiger partial charge on any atom is -0.352 e. The van der Waals surface area contributed by atoms with Crippen molar-refractivity contribution in [1.29, 1.82) is 0 Å². The van der Waals surface area contributed by atoms with Crippen molar-refractivity contribution in [2.24, 2.45) is 0 Å². The molecule has 0 aliphatic heterocycles. The highest BCUT2D eigenvalue weighted by Crippen LogP contribution is 1.94. The summed E-state index contributed by atoms with van der Waals surface area (Å²) < 4.78 is 0. The van der Waals surface area contributed by atoms with Crippen LogP contribution in [0.5, 0.6) is 0 Å². The second-order valence-electron chi connectivity index (χ2n) is 2.55. The van der Waals surface area contributed by atoms with Crippen LogP contribution in [-0.4, -0.2) is 12.5 Å². The molecule has 1 N–H and O–H groups in total. The third kappa shape index (κ3) is 5.96. The summed E-state index contributed by atoms with van der Waals surface area (Å²) in [5.74, 6) is 0.0636. The van der Waals surface area contributed by atoms with Crippen LogP contribution >= 0.6 is 0 Å². The summed E-state index contributed by atoms with van der Waals surface area (Å²) >= 11 is 0. The molecule has 2 nitrogen and oxygen atoms in total. The fourth-order valence-electron chi connectivity index (χ4n) is 0.777. The van der Waals surface area contributed by atoms with E-state index < -0.39 is 0 Å². The molecule has 0 unspecified atom stereocenters. The molecular formula is C10H21NO. The Morgan fingerprint density at radius 2 is 2.00 bits per heavy atom. The van der Waals surface area contributed by atoms with Crippen LogP contribution < -0.4 is 5.32 Å². The van der Waals surface area contributed by atoms with Gasteiger partial charge in [0.25, 0.3) is 0 Å². The molecule has 0 aromatic rings. The van der Waals surface area contributed by atoms with Crippen molar-refractivity contribution >= 4 is 5.91 Å². The average molecular weight is 171 g/mol. The van der Waals surface area contributed by atoms with Gasteiger partial charge in [-0.05, 0) is 19.8 Å². The standard InChI is InChI=1S/C9H17NO.CH4/c1-4-6-8(3)9(11)10-7-5-2;/h6H,4-5,7H2,1-3H3,(H,10,11);1H4. The van der Waals surface area contributed by atoms with E-state index in [1.807, 2.05) is 26.8 Å². The maximum atomic E-state index is 11.1. The third-order valence-corrected chi connectivity index (χ3v) is 1.40. The molecule has 0 atom stereocenters. The Labute approximate surface area is 76.1 Å². The first kappa shape index (κ1) is 13.8. The molecule has 1 amide bonds. The van der Waals surface area contributed by atoms with Crippen LogP contribution in [-0.2, 0) is 4.79 Å². The minimum absolute atomic E-state index is 0. The molecule has 0 rings (SSSR count). The second-order valence-corrected chi connectivity index (χ2v) is 2.55. The van der Waals surface area contributed by atoms with E-state index in [9.17, 15) is 4.79 Å². The fraction of sp³-hybridized carbons (Fsp3) is 0.700. The lowest BCUT2D eigenvalue weighted by molar-refractivity contribution is -0.117. The molecule has 0 radical (unpaired) electrons. The zero-order valence-corrected chi connectivity index (χ0v) is 7.61. The van der Waals surface area contributed by atoms with E-state index in [0.29, 0.717) is 0 Å². The number of carbonyl (C=O) groups excluding carboxylic acids is 1. The maximum absolute atomic E-state index is 11.1. The highest BCUT2D eigenvalue weighted by Gasteiger charge is 1.99. The Kier molecular flexibility index (Phi) is 9.54. The second kappa shape index (κ2) is 8.31. The van der Waals surface area contributed by atoms with Gasteiger partial charge < -0.3 is 5.32 Å². The van der Waals surface area contributed by atoms with Gasteiger partial charge in [0.15, 0.2) is 0 Å². The van der Waals surface area contributed by atoms with Crippen LogP contribution in [0.1, 0.15) is 41.0 Å². The van der Waals surface area contributed by atoms with Crippen molar-refractivity contribution in [3.8, 4) is 0 Å². The first-order valence-corrected chi connectivity index (χ1v) is 4.17. The fourth-order valence-corrected chi connectivity index (χ4v) is 0.777. The lowest BCUT2D eigenvalue weighted by Crippen LogP contribution is -2.24. The van der Waals surface area contributed by atoms with Gasteiger partial charge in [-0.25, -0.2) is 0 Å². The van der Waals surface area contributed by atoms with Gasteiger partial charge in [0, 0.05) is 12.1 Å². The molecule has 12 heavy (non-hydrogen) atoms. The predicted molar refractivity (Wildman–Crippen MR) is 54.1 cm³/mol. The van der Waals surface area contributed by atoms with Crippen LogP contribution in [0.25, 0.3) is 0 Å². The molecule has 2 heteroatoms. The molecule has 0 aliphatic carbocycles. The van der Waals surface area contributed by atoms with Gasteiger partial charge in [-0.2, -0.15) is 0 Å². The van der Waals surface area contributed by atoms with E-state index in [1.165, 1.54) is 0 Å². The minimum atomic E-state index is 0. The van der Waals surface area contributed by atoms with Gasteiger partial charge in [0.2, 0.25) is 5.91 Å². The predicted octanol–water partition coefficient (Wildman–Crippen LogP) is 2.51. The highest BCUT2D eigenvalue weighted by molar-refractivity contribution is 5.92. The average Bonchev–Trinajstić information content (AvgIpc) is 2.00. The Morgan fingerprint density at radius 1 is 1.42 bits per heavy atom. The number of rotatable bonds is 4. The van der Waals surface area contributed by atoms with E-state index in [4.69, 9.17) is 0 Å². The molecule has 0 saturated carbocycles. The molecular weight excluding hydrogens is 150 g/mol. The lowest BCUT2D eigenvalue weighted by atomic mass is 10.2. The van der Waals surface area contributed by atoms with Gasteiger partial charge >= 0.3 is 0 Å². The Balaban J connectivity index is 0. The molecule has 0 fully saturated rings. The highest BCUT2D eigenvalue weighted by atomic mass is 16.1. The topological polar surface area (TPSA) is 29.1 Å². The molecule has 0 aliphatic rings. The lowest BCUT2D eigenvalue weighted by Gasteiger charge is -2.01. The molecule has 0 aromatic carbocycles. The van der Waals surface area contributed by atoms with E-state index in [0.717, 1.165) is 25.0 Å². The van der Waals surface area contributed by atoms with Crippen LogP contribution in [0.4, 0.5) is 0 Å². The van der Waals surface area contributed by atoms with Gasteiger partial charge in [-0.3, -0.25) is 4.79 Å². The zero-order chi connectivity index (χ0) is 8.69. The Morgan fingerprint density at radius 3 is 2.42 bits per heavy atom. The van der Waals surface area contributed by atoms with Crippen LogP contribution in [0, 0.1) is 0 Å². The number of allylic oxidation sites excluding steroid dienone is 1. The smallest absolute Gasteiger partial charge is 0.246 e. The molecule has 72 valence electrons. The summed E-state index contributed by atoms with van der Waals surface area (Å²) in [5, 5.41) is 2.81. The summed E-state index contributed by atoms with van der Waals surface area (Å²) in [6.45, 7) is 6.68. The number of nitrogens with one attached hydrogen (secondary N) is 1. The molecule has 0 bridgehead atoms. The van der Waals surface area contributed by atoms with Crippen molar-refractivity contribution in [1.82, 2.24) is 5.32 Å².